The molecule has 3 rings (SSSR count). The monoisotopic (exact) mass is 418 g/mol. The van der Waals surface area contributed by atoms with E-state index in [0.717, 1.165) is 6.08 Å². The van der Waals surface area contributed by atoms with Crippen LogP contribution in [0, 0.1) is 5.82 Å². The maximum Gasteiger partial charge on any atom is 0.193 e. The minimum atomic E-state index is -0.701. The first kappa shape index (κ1) is 20.9. The van der Waals surface area contributed by atoms with Crippen LogP contribution in [0.5, 0.6) is 17.2 Å². The van der Waals surface area contributed by atoms with Crippen molar-refractivity contribution in [3.63, 3.8) is 0 Å². The second-order valence-corrected chi connectivity index (χ2v) is 7.34. The highest BCUT2D eigenvalue weighted by molar-refractivity contribution is 6.32. The summed E-state index contributed by atoms with van der Waals surface area (Å²) in [6, 6.07) is 5.56. The number of carbonyl (C=O) groups is 1. The van der Waals surface area contributed by atoms with Gasteiger partial charge in [0, 0.05) is 18.7 Å². The Morgan fingerprint density at radius 2 is 2.14 bits per heavy atom. The molecule has 152 valence electrons. The third-order valence-corrected chi connectivity index (χ3v) is 4.59. The van der Waals surface area contributed by atoms with Crippen molar-refractivity contribution in [1.82, 2.24) is 0 Å². The van der Waals surface area contributed by atoms with E-state index in [1.165, 1.54) is 37.5 Å². The van der Waals surface area contributed by atoms with Gasteiger partial charge in [0.15, 0.2) is 12.6 Å². The van der Waals surface area contributed by atoms with E-state index >= 15 is 0 Å². The standard InChI is InChI=1S/C22H20ClFO5/c1-22(2)10-9-14-19(28-12-27-3)11-18(26)20(21(14)29-22)17(25)8-7-13-15(23)5-4-6-16(13)24/h4-11,26H,12H2,1-3H3/b8-7+. The highest BCUT2D eigenvalue weighted by atomic mass is 35.5. The molecular formula is C22H20ClFO5. The summed E-state index contributed by atoms with van der Waals surface area (Å²) in [7, 11) is 1.47. The summed E-state index contributed by atoms with van der Waals surface area (Å²) in [5.41, 5.74) is -0.171. The number of allylic oxidation sites excluding steroid dienone is 1. The molecule has 0 saturated heterocycles. The van der Waals surface area contributed by atoms with Crippen molar-refractivity contribution in [2.24, 2.45) is 0 Å². The van der Waals surface area contributed by atoms with Crippen LogP contribution in [0.1, 0.15) is 35.3 Å². The van der Waals surface area contributed by atoms with Crippen molar-refractivity contribution in [2.45, 2.75) is 19.4 Å². The van der Waals surface area contributed by atoms with E-state index in [2.05, 4.69) is 0 Å². The summed E-state index contributed by atoms with van der Waals surface area (Å²) in [6.45, 7) is 3.59. The summed E-state index contributed by atoms with van der Waals surface area (Å²) >= 11 is 6.00. The molecule has 0 spiro atoms. The van der Waals surface area contributed by atoms with Crippen molar-refractivity contribution >= 4 is 29.5 Å². The molecule has 0 unspecified atom stereocenters. The fourth-order valence-corrected chi connectivity index (χ4v) is 3.10. The molecule has 1 aliphatic heterocycles. The van der Waals surface area contributed by atoms with Gasteiger partial charge in [-0.2, -0.15) is 0 Å². The van der Waals surface area contributed by atoms with Crippen LogP contribution in [0.2, 0.25) is 5.02 Å². The smallest absolute Gasteiger partial charge is 0.193 e. The molecule has 29 heavy (non-hydrogen) atoms. The number of halogens is 2. The summed E-state index contributed by atoms with van der Waals surface area (Å²) in [4.78, 5) is 12.9. The highest BCUT2D eigenvalue weighted by Crippen LogP contribution is 2.44. The molecule has 0 bridgehead atoms. The van der Waals surface area contributed by atoms with Gasteiger partial charge in [0.1, 0.15) is 34.2 Å². The molecule has 2 aromatic carbocycles. The molecule has 0 atom stereocenters. The predicted molar refractivity (Wildman–Crippen MR) is 109 cm³/mol. The Bertz CT molecular complexity index is 990. The quantitative estimate of drug-likeness (QED) is 0.394. The van der Waals surface area contributed by atoms with Crippen LogP contribution in [-0.4, -0.2) is 30.4 Å². The zero-order chi connectivity index (χ0) is 21.2. The predicted octanol–water partition coefficient (Wildman–Crippen LogP) is 5.25. The van der Waals surface area contributed by atoms with Gasteiger partial charge >= 0.3 is 0 Å². The highest BCUT2D eigenvalue weighted by Gasteiger charge is 2.30. The lowest BCUT2D eigenvalue weighted by atomic mass is 9.96. The molecule has 1 N–H and O–H groups in total. The van der Waals surface area contributed by atoms with E-state index in [0.29, 0.717) is 11.3 Å². The van der Waals surface area contributed by atoms with E-state index in [1.807, 2.05) is 19.9 Å². The Kier molecular flexibility index (Phi) is 5.96. The van der Waals surface area contributed by atoms with Crippen LogP contribution in [0.3, 0.4) is 0 Å². The lowest BCUT2D eigenvalue weighted by Crippen LogP contribution is -2.28. The molecule has 5 nitrogen and oxygen atoms in total. The lowest BCUT2D eigenvalue weighted by molar-refractivity contribution is 0.0502. The fraction of sp³-hybridized carbons (Fsp3) is 0.227. The second-order valence-electron chi connectivity index (χ2n) is 6.93. The van der Waals surface area contributed by atoms with Crippen LogP contribution in [0.15, 0.2) is 36.4 Å². The number of hydrogen-bond donors (Lipinski definition) is 1. The van der Waals surface area contributed by atoms with Gasteiger partial charge in [-0.3, -0.25) is 4.79 Å². The molecule has 0 amide bonds. The van der Waals surface area contributed by atoms with Crippen LogP contribution < -0.4 is 9.47 Å². The second kappa shape index (κ2) is 8.27. The lowest BCUT2D eigenvalue weighted by Gasteiger charge is -2.30. The van der Waals surface area contributed by atoms with Crippen molar-refractivity contribution < 1.29 is 28.5 Å². The Morgan fingerprint density at radius 1 is 1.38 bits per heavy atom. The topological polar surface area (TPSA) is 65.0 Å². The van der Waals surface area contributed by atoms with Gasteiger partial charge in [-0.05, 0) is 50.3 Å². The third-order valence-electron chi connectivity index (χ3n) is 4.26. The Balaban J connectivity index is 2.06. The van der Waals surface area contributed by atoms with Gasteiger partial charge in [-0.1, -0.05) is 17.7 Å². The molecule has 2 aromatic rings. The Morgan fingerprint density at radius 3 is 2.83 bits per heavy atom. The fourth-order valence-electron chi connectivity index (χ4n) is 2.87. The van der Waals surface area contributed by atoms with Crippen LogP contribution >= 0.6 is 11.6 Å². The van der Waals surface area contributed by atoms with Crippen molar-refractivity contribution in [1.29, 1.82) is 0 Å². The number of benzene rings is 2. The SMILES string of the molecule is COCOc1cc(O)c(C(=O)/C=C/c2c(F)cccc2Cl)c2c1C=CC(C)(C)O2. The molecule has 1 aliphatic rings. The number of methoxy groups -OCH3 is 1. The number of hydrogen-bond acceptors (Lipinski definition) is 5. The molecule has 0 aromatic heterocycles. The normalized spacial score (nSPS) is 14.5. The number of phenolic OH excluding ortho intramolecular Hbond substituents is 1. The maximum atomic E-state index is 14.0. The number of fused-ring (bicyclic) bond motifs is 1. The van der Waals surface area contributed by atoms with Gasteiger partial charge in [-0.25, -0.2) is 4.39 Å². The Hall–Kier alpha value is -2.83. The first-order valence-corrected chi connectivity index (χ1v) is 9.17. The van der Waals surface area contributed by atoms with Gasteiger partial charge in [0.2, 0.25) is 0 Å². The van der Waals surface area contributed by atoms with Gasteiger partial charge in [0.05, 0.1) is 10.6 Å². The van der Waals surface area contributed by atoms with Crippen LogP contribution in [0.25, 0.3) is 12.2 Å². The largest absolute Gasteiger partial charge is 0.507 e. The molecule has 1 heterocycles. The van der Waals surface area contributed by atoms with E-state index in [9.17, 15) is 14.3 Å². The molecule has 0 radical (unpaired) electrons. The van der Waals surface area contributed by atoms with Crippen molar-refractivity contribution in [2.75, 3.05) is 13.9 Å². The number of rotatable bonds is 6. The summed E-state index contributed by atoms with van der Waals surface area (Å²) in [6.07, 6.45) is 5.99. The Labute approximate surface area is 173 Å². The van der Waals surface area contributed by atoms with Crippen LogP contribution in [-0.2, 0) is 4.74 Å². The average molecular weight is 419 g/mol. The molecule has 7 heteroatoms. The van der Waals surface area contributed by atoms with Gasteiger partial charge in [0.25, 0.3) is 0 Å². The summed E-state index contributed by atoms with van der Waals surface area (Å²) < 4.78 is 30.3. The van der Waals surface area contributed by atoms with E-state index in [1.54, 1.807) is 6.08 Å². The third kappa shape index (κ3) is 4.44. The molecule has 0 fully saturated rings. The first-order chi connectivity index (χ1) is 13.7. The molecule has 0 saturated carbocycles. The zero-order valence-electron chi connectivity index (χ0n) is 16.2. The van der Waals surface area contributed by atoms with Gasteiger partial charge in [-0.15, -0.1) is 0 Å². The van der Waals surface area contributed by atoms with E-state index in [-0.39, 0.29) is 34.4 Å². The van der Waals surface area contributed by atoms with E-state index < -0.39 is 17.2 Å². The molecule has 0 aliphatic carbocycles. The van der Waals surface area contributed by atoms with Crippen molar-refractivity contribution in [3.8, 4) is 17.2 Å². The van der Waals surface area contributed by atoms with E-state index in [4.69, 9.17) is 25.8 Å². The van der Waals surface area contributed by atoms with Crippen molar-refractivity contribution in [3.05, 3.63) is 63.9 Å². The summed E-state index contributed by atoms with van der Waals surface area (Å²) in [5, 5.41) is 10.7. The number of phenols is 1. The summed E-state index contributed by atoms with van der Waals surface area (Å²) in [5.74, 6) is -0.962. The number of ketones is 1. The maximum absolute atomic E-state index is 14.0. The van der Waals surface area contributed by atoms with Gasteiger partial charge < -0.3 is 19.3 Å². The van der Waals surface area contributed by atoms with Crippen LogP contribution in [0.4, 0.5) is 4.39 Å². The molecular weight excluding hydrogens is 399 g/mol. The minimum Gasteiger partial charge on any atom is -0.507 e. The number of carbonyl (C=O) groups excluding carboxylic acids is 1. The average Bonchev–Trinajstić information content (AvgIpc) is 2.64. The minimum absolute atomic E-state index is 0.0396. The zero-order valence-corrected chi connectivity index (χ0v) is 16.9. The first-order valence-electron chi connectivity index (χ1n) is 8.80. The number of aromatic hydroxyl groups is 1. The number of ether oxygens (including phenoxy) is 3.